The second kappa shape index (κ2) is 11.6. The SMILES string of the molecule is CCC[CH2][SnH]([CH2]CCC)[CH](CC)C(=O)CCC. The van der Waals surface area contributed by atoms with E-state index in [2.05, 4.69) is 27.7 Å². The van der Waals surface area contributed by atoms with Crippen LogP contribution in [0, 0.1) is 0 Å². The Hall–Kier alpha value is 0.469. The summed E-state index contributed by atoms with van der Waals surface area (Å²) in [4.78, 5) is 12.2. The molecule has 0 saturated carbocycles. The van der Waals surface area contributed by atoms with E-state index in [9.17, 15) is 4.79 Å². The summed E-state index contributed by atoms with van der Waals surface area (Å²) >= 11 is -1.58. The first kappa shape index (κ1) is 17.5. The van der Waals surface area contributed by atoms with Crippen molar-refractivity contribution in [2.75, 3.05) is 0 Å². The van der Waals surface area contributed by atoms with Crippen LogP contribution in [0.4, 0.5) is 0 Å². The van der Waals surface area contributed by atoms with Gasteiger partial charge in [0.2, 0.25) is 0 Å². The minimum atomic E-state index is -1.58. The number of rotatable bonds is 11. The molecule has 0 N–H and O–H groups in total. The standard InChI is InChI=1S/C7H13O.2C4H9.Sn.H/c1-3-5-7(8)6-4-2;2*1-3-4-2;;/h5H,3-4,6H2,1-2H3;2*1,3-4H2,2H3;;. The molecule has 0 aromatic heterocycles. The van der Waals surface area contributed by atoms with Gasteiger partial charge in [-0.1, -0.05) is 0 Å². The fourth-order valence-corrected chi connectivity index (χ4v) is 15.1. The maximum absolute atomic E-state index is 12.2. The van der Waals surface area contributed by atoms with Gasteiger partial charge in [-0.15, -0.1) is 0 Å². The van der Waals surface area contributed by atoms with Crippen LogP contribution in [0.15, 0.2) is 0 Å². The van der Waals surface area contributed by atoms with E-state index in [1.165, 1.54) is 34.6 Å². The Labute approximate surface area is 115 Å². The Bertz CT molecular complexity index is 183. The van der Waals surface area contributed by atoms with E-state index in [0.29, 0.717) is 9.72 Å². The van der Waals surface area contributed by atoms with Crippen molar-refractivity contribution in [3.05, 3.63) is 0 Å². The quantitative estimate of drug-likeness (QED) is 0.483. The monoisotopic (exact) mass is 348 g/mol. The number of hydrogen-bond donors (Lipinski definition) is 0. The summed E-state index contributed by atoms with van der Waals surface area (Å²) in [6, 6.07) is 0. The topological polar surface area (TPSA) is 17.1 Å². The van der Waals surface area contributed by atoms with Crippen molar-refractivity contribution in [3.8, 4) is 0 Å². The van der Waals surface area contributed by atoms with Crippen LogP contribution in [0.25, 0.3) is 0 Å². The summed E-state index contributed by atoms with van der Waals surface area (Å²) in [5.41, 5.74) is 0. The molecule has 0 aliphatic heterocycles. The van der Waals surface area contributed by atoms with E-state index in [1.807, 2.05) is 0 Å². The van der Waals surface area contributed by atoms with Crippen LogP contribution in [0.5, 0.6) is 0 Å². The summed E-state index contributed by atoms with van der Waals surface area (Å²) < 4.78 is 3.48. The zero-order valence-electron chi connectivity index (χ0n) is 12.4. The number of unbranched alkanes of at least 4 members (excludes halogenated alkanes) is 2. The van der Waals surface area contributed by atoms with Crippen LogP contribution in [-0.2, 0) is 4.79 Å². The summed E-state index contributed by atoms with van der Waals surface area (Å²) in [5, 5.41) is 0. The van der Waals surface area contributed by atoms with Crippen LogP contribution >= 0.6 is 0 Å². The van der Waals surface area contributed by atoms with Gasteiger partial charge in [-0.25, -0.2) is 0 Å². The normalized spacial score (nSPS) is 13.0. The third-order valence-electron chi connectivity index (χ3n) is 3.78. The van der Waals surface area contributed by atoms with Crippen LogP contribution in [0.1, 0.15) is 72.6 Å². The molecular weight excluding hydrogens is 315 g/mol. The molecule has 0 fully saturated rings. The average Bonchev–Trinajstić information content (AvgIpc) is 2.33. The van der Waals surface area contributed by atoms with Crippen molar-refractivity contribution >= 4 is 25.5 Å². The molecule has 1 unspecified atom stereocenters. The number of Topliss-reactive ketones (excluding diaryl/α,β-unsaturated/α-hetero) is 1. The van der Waals surface area contributed by atoms with Crippen molar-refractivity contribution in [1.29, 1.82) is 0 Å². The Morgan fingerprint density at radius 1 is 0.941 bits per heavy atom. The van der Waals surface area contributed by atoms with Gasteiger partial charge in [-0.2, -0.15) is 0 Å². The molecule has 0 aliphatic carbocycles. The zero-order valence-corrected chi connectivity index (χ0v) is 15.7. The van der Waals surface area contributed by atoms with Crippen molar-refractivity contribution in [2.24, 2.45) is 0 Å². The molecule has 0 spiro atoms. The van der Waals surface area contributed by atoms with Gasteiger partial charge in [0.15, 0.2) is 0 Å². The molecule has 0 amide bonds. The fraction of sp³-hybridized carbons (Fsp3) is 0.933. The predicted octanol–water partition coefficient (Wildman–Crippen LogP) is 4.96. The Kier molecular flexibility index (Phi) is 11.9. The molecule has 0 aromatic carbocycles. The Morgan fingerprint density at radius 2 is 1.47 bits per heavy atom. The van der Waals surface area contributed by atoms with Gasteiger partial charge in [0.1, 0.15) is 0 Å². The summed E-state index contributed by atoms with van der Waals surface area (Å²) in [6.45, 7) is 8.92. The van der Waals surface area contributed by atoms with Crippen LogP contribution in [-0.4, -0.2) is 25.5 Å². The predicted molar refractivity (Wildman–Crippen MR) is 80.5 cm³/mol. The Balaban J connectivity index is 4.40. The van der Waals surface area contributed by atoms with E-state index >= 15 is 0 Å². The third kappa shape index (κ3) is 7.48. The van der Waals surface area contributed by atoms with Crippen molar-refractivity contribution in [3.63, 3.8) is 0 Å². The molecule has 2 heteroatoms. The number of carbonyl (C=O) groups excluding carboxylic acids is 1. The van der Waals surface area contributed by atoms with Gasteiger partial charge in [-0.3, -0.25) is 0 Å². The van der Waals surface area contributed by atoms with Crippen molar-refractivity contribution < 1.29 is 4.79 Å². The van der Waals surface area contributed by atoms with Crippen molar-refractivity contribution in [1.82, 2.24) is 0 Å². The molecule has 0 aliphatic rings. The molecule has 0 bridgehead atoms. The minimum absolute atomic E-state index is 0.551. The molecule has 0 aromatic rings. The van der Waals surface area contributed by atoms with E-state index in [-0.39, 0.29) is 0 Å². The van der Waals surface area contributed by atoms with E-state index in [4.69, 9.17) is 0 Å². The number of carbonyl (C=O) groups is 1. The summed E-state index contributed by atoms with van der Waals surface area (Å²) in [7, 11) is 0. The number of hydrogen-bond acceptors (Lipinski definition) is 1. The molecular formula is C15H32OSn. The van der Waals surface area contributed by atoms with Crippen LogP contribution < -0.4 is 0 Å². The van der Waals surface area contributed by atoms with E-state index < -0.39 is 19.8 Å². The second-order valence-corrected chi connectivity index (χ2v) is 15.2. The second-order valence-electron chi connectivity index (χ2n) is 5.28. The van der Waals surface area contributed by atoms with Crippen molar-refractivity contribution in [2.45, 2.75) is 85.4 Å². The van der Waals surface area contributed by atoms with Gasteiger partial charge in [0.05, 0.1) is 0 Å². The molecule has 0 radical (unpaired) electrons. The number of ketones is 1. The molecule has 1 nitrogen and oxygen atoms in total. The van der Waals surface area contributed by atoms with Gasteiger partial charge in [0.25, 0.3) is 0 Å². The zero-order chi connectivity index (χ0) is 13.1. The first-order valence-electron chi connectivity index (χ1n) is 7.73. The van der Waals surface area contributed by atoms with Crippen LogP contribution in [0.2, 0.25) is 12.8 Å². The molecule has 0 heterocycles. The molecule has 1 atom stereocenters. The summed E-state index contributed by atoms with van der Waals surface area (Å²) in [5.74, 6) is 0.614. The van der Waals surface area contributed by atoms with Gasteiger partial charge >= 0.3 is 116 Å². The molecule has 102 valence electrons. The molecule has 17 heavy (non-hydrogen) atoms. The first-order chi connectivity index (χ1) is 8.21. The Morgan fingerprint density at radius 3 is 1.82 bits per heavy atom. The molecule has 0 rings (SSSR count). The fourth-order valence-electron chi connectivity index (χ4n) is 2.74. The summed E-state index contributed by atoms with van der Waals surface area (Å²) in [6.07, 6.45) is 8.36. The first-order valence-corrected chi connectivity index (χ1v) is 14.3. The van der Waals surface area contributed by atoms with E-state index in [1.54, 1.807) is 0 Å². The van der Waals surface area contributed by atoms with E-state index in [0.717, 1.165) is 19.3 Å². The average molecular weight is 347 g/mol. The molecule has 0 saturated heterocycles. The van der Waals surface area contributed by atoms with Gasteiger partial charge < -0.3 is 0 Å². The van der Waals surface area contributed by atoms with Crippen LogP contribution in [0.3, 0.4) is 0 Å². The van der Waals surface area contributed by atoms with Gasteiger partial charge in [-0.05, 0) is 0 Å². The van der Waals surface area contributed by atoms with Gasteiger partial charge in [0, 0.05) is 0 Å². The maximum atomic E-state index is 12.2. The third-order valence-corrected chi connectivity index (χ3v) is 16.0.